The molecule has 156 valence electrons. The van der Waals surface area contributed by atoms with Crippen LogP contribution in [0.15, 0.2) is 47.8 Å². The van der Waals surface area contributed by atoms with Gasteiger partial charge in [-0.1, -0.05) is 17.7 Å². The van der Waals surface area contributed by atoms with E-state index in [0.29, 0.717) is 40.8 Å². The average molecular weight is 444 g/mol. The highest BCUT2D eigenvalue weighted by Gasteiger charge is 2.35. The number of carbonyl (C=O) groups excluding carboxylic acids is 1. The van der Waals surface area contributed by atoms with Gasteiger partial charge in [-0.15, -0.1) is 11.3 Å². The van der Waals surface area contributed by atoms with Crippen LogP contribution in [0.4, 0.5) is 0 Å². The summed E-state index contributed by atoms with van der Waals surface area (Å²) in [6.07, 6.45) is 0.714. The molecular formula is C23H22ClNO4S. The lowest BCUT2D eigenvalue weighted by molar-refractivity contribution is 0.0693. The van der Waals surface area contributed by atoms with Crippen LogP contribution >= 0.6 is 22.9 Å². The van der Waals surface area contributed by atoms with Crippen LogP contribution in [0.1, 0.15) is 32.4 Å². The monoisotopic (exact) mass is 443 g/mol. The van der Waals surface area contributed by atoms with Gasteiger partial charge in [-0.2, -0.15) is 0 Å². The molecule has 0 radical (unpaired) electrons. The van der Waals surface area contributed by atoms with Crippen LogP contribution in [0.5, 0.6) is 17.2 Å². The quantitative estimate of drug-likeness (QED) is 0.542. The van der Waals surface area contributed by atoms with Crippen LogP contribution in [0.2, 0.25) is 5.02 Å². The third kappa shape index (κ3) is 3.61. The standard InChI is InChI=1S/C23H22ClNO4S/c1-27-18-7-6-15(24)12-17(18)23(26)25-9-8-14-11-19(28-2)20(29-3)13-16(14)22(25)21-5-4-10-30-21/h4-7,10-13,22H,8-9H2,1-3H3. The molecule has 0 fully saturated rings. The molecule has 1 aliphatic heterocycles. The smallest absolute Gasteiger partial charge is 0.258 e. The van der Waals surface area contributed by atoms with Crippen LogP contribution < -0.4 is 14.2 Å². The molecule has 1 amide bonds. The summed E-state index contributed by atoms with van der Waals surface area (Å²) in [6.45, 7) is 0.569. The lowest BCUT2D eigenvalue weighted by Crippen LogP contribution is -2.40. The van der Waals surface area contributed by atoms with Crippen LogP contribution in [0, 0.1) is 0 Å². The zero-order valence-electron chi connectivity index (χ0n) is 17.0. The summed E-state index contributed by atoms with van der Waals surface area (Å²) in [5.74, 6) is 1.73. The lowest BCUT2D eigenvalue weighted by atomic mass is 9.90. The maximum Gasteiger partial charge on any atom is 0.258 e. The van der Waals surface area contributed by atoms with Gasteiger partial charge >= 0.3 is 0 Å². The van der Waals surface area contributed by atoms with Gasteiger partial charge in [0.2, 0.25) is 0 Å². The van der Waals surface area contributed by atoms with Gasteiger partial charge in [0.15, 0.2) is 11.5 Å². The van der Waals surface area contributed by atoms with Crippen LogP contribution in [0.25, 0.3) is 0 Å². The third-order valence-electron chi connectivity index (χ3n) is 5.34. The number of methoxy groups -OCH3 is 3. The van der Waals surface area contributed by atoms with E-state index in [0.717, 1.165) is 16.0 Å². The van der Waals surface area contributed by atoms with E-state index < -0.39 is 0 Å². The van der Waals surface area contributed by atoms with E-state index in [2.05, 4.69) is 6.07 Å². The summed E-state index contributed by atoms with van der Waals surface area (Å²) >= 11 is 7.81. The molecule has 0 bridgehead atoms. The highest BCUT2D eigenvalue weighted by molar-refractivity contribution is 7.10. The van der Waals surface area contributed by atoms with E-state index in [9.17, 15) is 4.79 Å². The summed E-state index contributed by atoms with van der Waals surface area (Å²) in [5, 5.41) is 2.52. The zero-order valence-corrected chi connectivity index (χ0v) is 18.5. The van der Waals surface area contributed by atoms with E-state index in [1.807, 2.05) is 28.5 Å². The van der Waals surface area contributed by atoms with Gasteiger partial charge in [0.05, 0.1) is 32.9 Å². The number of thiophene rings is 1. The molecular weight excluding hydrogens is 422 g/mol. The Morgan fingerprint density at radius 1 is 1.03 bits per heavy atom. The van der Waals surface area contributed by atoms with Gasteiger partial charge < -0.3 is 19.1 Å². The summed E-state index contributed by atoms with van der Waals surface area (Å²) in [5.41, 5.74) is 2.64. The molecule has 2 heterocycles. The van der Waals surface area contributed by atoms with Crippen molar-refractivity contribution < 1.29 is 19.0 Å². The fourth-order valence-corrected chi connectivity index (χ4v) is 4.95. The summed E-state index contributed by atoms with van der Waals surface area (Å²) < 4.78 is 16.5. The molecule has 0 spiro atoms. The maximum absolute atomic E-state index is 13.7. The molecule has 1 unspecified atom stereocenters. The van der Waals surface area contributed by atoms with E-state index in [1.54, 1.807) is 50.9 Å². The first-order valence-electron chi connectivity index (χ1n) is 9.50. The Morgan fingerprint density at radius 2 is 1.77 bits per heavy atom. The summed E-state index contributed by atoms with van der Waals surface area (Å²) in [6, 6.07) is 12.9. The third-order valence-corrected chi connectivity index (χ3v) is 6.50. The van der Waals surface area contributed by atoms with Gasteiger partial charge in [-0.25, -0.2) is 0 Å². The minimum atomic E-state index is -0.232. The second-order valence-electron chi connectivity index (χ2n) is 6.92. The molecule has 2 aromatic carbocycles. The van der Waals surface area contributed by atoms with Crippen molar-refractivity contribution in [3.63, 3.8) is 0 Å². The minimum Gasteiger partial charge on any atom is -0.496 e. The maximum atomic E-state index is 13.7. The number of rotatable bonds is 5. The fourth-order valence-electron chi connectivity index (χ4n) is 3.92. The molecule has 30 heavy (non-hydrogen) atoms. The SMILES string of the molecule is COc1cc2c(cc1OC)C(c1cccs1)N(C(=O)c1cc(Cl)ccc1OC)CC2. The predicted octanol–water partition coefficient (Wildman–Crippen LogP) is 5.22. The van der Waals surface area contributed by atoms with Crippen molar-refractivity contribution in [2.45, 2.75) is 12.5 Å². The molecule has 1 atom stereocenters. The molecule has 4 rings (SSSR count). The Bertz CT molecular complexity index is 1070. The lowest BCUT2D eigenvalue weighted by Gasteiger charge is -2.37. The summed E-state index contributed by atoms with van der Waals surface area (Å²) in [7, 11) is 4.80. The van der Waals surface area contributed by atoms with Gasteiger partial charge in [-0.3, -0.25) is 4.79 Å². The van der Waals surface area contributed by atoms with E-state index in [4.69, 9.17) is 25.8 Å². The molecule has 0 saturated carbocycles. The normalized spacial score (nSPS) is 15.5. The molecule has 5 nitrogen and oxygen atoms in total. The predicted molar refractivity (Wildman–Crippen MR) is 118 cm³/mol. The van der Waals surface area contributed by atoms with Gasteiger partial charge in [0.25, 0.3) is 5.91 Å². The van der Waals surface area contributed by atoms with Crippen molar-refractivity contribution >= 4 is 28.8 Å². The largest absolute Gasteiger partial charge is 0.496 e. The van der Waals surface area contributed by atoms with Crippen molar-refractivity contribution in [1.82, 2.24) is 4.90 Å². The highest BCUT2D eigenvalue weighted by atomic mass is 35.5. The van der Waals surface area contributed by atoms with E-state index >= 15 is 0 Å². The first-order valence-corrected chi connectivity index (χ1v) is 10.8. The molecule has 3 aromatic rings. The second-order valence-corrected chi connectivity index (χ2v) is 8.33. The van der Waals surface area contributed by atoms with Gasteiger partial charge in [0, 0.05) is 16.4 Å². The van der Waals surface area contributed by atoms with Crippen molar-refractivity contribution in [2.75, 3.05) is 27.9 Å². The van der Waals surface area contributed by atoms with E-state index in [1.165, 1.54) is 0 Å². The molecule has 1 aromatic heterocycles. The number of nitrogens with zero attached hydrogens (tertiary/aromatic N) is 1. The average Bonchev–Trinajstić information content (AvgIpc) is 3.31. The topological polar surface area (TPSA) is 48.0 Å². The number of amides is 1. The first-order chi connectivity index (χ1) is 14.6. The number of ether oxygens (including phenoxy) is 3. The molecule has 0 saturated heterocycles. The number of halogens is 1. The molecule has 0 aliphatic carbocycles. The second kappa shape index (κ2) is 8.58. The zero-order chi connectivity index (χ0) is 21.3. The van der Waals surface area contributed by atoms with Gasteiger partial charge in [-0.05, 0) is 59.3 Å². The number of benzene rings is 2. The number of fused-ring (bicyclic) bond motifs is 1. The summed E-state index contributed by atoms with van der Waals surface area (Å²) in [4.78, 5) is 16.6. The number of hydrogen-bond acceptors (Lipinski definition) is 5. The number of hydrogen-bond donors (Lipinski definition) is 0. The van der Waals surface area contributed by atoms with Gasteiger partial charge in [0.1, 0.15) is 5.75 Å². The fraction of sp³-hybridized carbons (Fsp3) is 0.261. The number of carbonyl (C=O) groups is 1. The molecule has 0 N–H and O–H groups in total. The van der Waals surface area contributed by atoms with Crippen LogP contribution in [-0.4, -0.2) is 38.7 Å². The van der Waals surface area contributed by atoms with Crippen molar-refractivity contribution in [3.8, 4) is 17.2 Å². The van der Waals surface area contributed by atoms with Crippen LogP contribution in [0.3, 0.4) is 0 Å². The van der Waals surface area contributed by atoms with Crippen molar-refractivity contribution in [3.05, 3.63) is 74.4 Å². The van der Waals surface area contributed by atoms with E-state index in [-0.39, 0.29) is 11.9 Å². The van der Waals surface area contributed by atoms with Crippen LogP contribution in [-0.2, 0) is 6.42 Å². The first kappa shape index (κ1) is 20.6. The van der Waals surface area contributed by atoms with Crippen molar-refractivity contribution in [1.29, 1.82) is 0 Å². The Kier molecular flexibility index (Phi) is 5.88. The van der Waals surface area contributed by atoms with Crippen molar-refractivity contribution in [2.24, 2.45) is 0 Å². The molecule has 7 heteroatoms. The minimum absolute atomic E-state index is 0.117. The Hall–Kier alpha value is -2.70. The Labute approximate surface area is 184 Å². The highest BCUT2D eigenvalue weighted by Crippen LogP contribution is 2.43. The Morgan fingerprint density at radius 3 is 2.43 bits per heavy atom. The Balaban J connectivity index is 1.84. The molecule has 1 aliphatic rings.